The van der Waals surface area contributed by atoms with Gasteiger partial charge in [0.15, 0.2) is 0 Å². The maximum atomic E-state index is 12.3. The number of para-hydroxylation sites is 1. The van der Waals surface area contributed by atoms with Crippen molar-refractivity contribution in [2.45, 2.75) is 6.04 Å². The number of nitrogens with zero attached hydrogens (tertiary/aromatic N) is 3. The van der Waals surface area contributed by atoms with Gasteiger partial charge in [0.1, 0.15) is 5.75 Å². The zero-order chi connectivity index (χ0) is 19.8. The fourth-order valence-electron chi connectivity index (χ4n) is 2.94. The number of ether oxygens (including phenoxy) is 2. The van der Waals surface area contributed by atoms with E-state index < -0.39 is 0 Å². The van der Waals surface area contributed by atoms with Gasteiger partial charge in [-0.15, -0.1) is 11.3 Å². The first-order valence-electron chi connectivity index (χ1n) is 8.91. The molecule has 1 aliphatic heterocycles. The molecule has 1 saturated heterocycles. The Bertz CT molecular complexity index is 1200. The van der Waals surface area contributed by atoms with Crippen LogP contribution in [0.15, 0.2) is 54.2 Å². The highest BCUT2D eigenvalue weighted by Gasteiger charge is 2.22. The van der Waals surface area contributed by atoms with Crippen molar-refractivity contribution in [3.05, 3.63) is 64.1 Å². The van der Waals surface area contributed by atoms with E-state index in [1.165, 1.54) is 11.3 Å². The molecular formula is C20H15ClN4O3S. The SMILES string of the molecule is O=C(NC1COC1)c1cc(-n2ncc3cc(Oc4ccccc4Cl)ncc32)cs1. The van der Waals surface area contributed by atoms with Gasteiger partial charge in [0.05, 0.1) is 52.8 Å². The Hall–Kier alpha value is -2.94. The van der Waals surface area contributed by atoms with Crippen LogP contribution in [0.4, 0.5) is 0 Å². The Morgan fingerprint density at radius 2 is 2.14 bits per heavy atom. The van der Waals surface area contributed by atoms with E-state index >= 15 is 0 Å². The van der Waals surface area contributed by atoms with Crippen LogP contribution in [0.2, 0.25) is 5.02 Å². The summed E-state index contributed by atoms with van der Waals surface area (Å²) in [4.78, 5) is 17.3. The second-order valence-electron chi connectivity index (χ2n) is 6.55. The molecule has 29 heavy (non-hydrogen) atoms. The molecule has 0 spiro atoms. The minimum Gasteiger partial charge on any atom is -0.437 e. The number of nitrogens with one attached hydrogen (secondary N) is 1. The summed E-state index contributed by atoms with van der Waals surface area (Å²) in [6, 6.07) is 10.9. The van der Waals surface area contributed by atoms with E-state index in [-0.39, 0.29) is 11.9 Å². The Kier molecular flexibility index (Phi) is 4.67. The van der Waals surface area contributed by atoms with E-state index in [0.29, 0.717) is 34.7 Å². The molecule has 0 aliphatic carbocycles. The molecule has 7 nitrogen and oxygen atoms in total. The summed E-state index contributed by atoms with van der Waals surface area (Å²) in [7, 11) is 0. The standard InChI is InChI=1S/C20H15ClN4O3S/c21-15-3-1-2-4-17(15)28-19-5-12-7-23-25(16(12)8-22-19)14-6-18(29-11-14)20(26)24-13-9-27-10-13/h1-8,11,13H,9-10H2,(H,24,26). The van der Waals surface area contributed by atoms with Gasteiger partial charge < -0.3 is 14.8 Å². The molecule has 0 atom stereocenters. The number of carbonyl (C=O) groups is 1. The number of halogens is 1. The van der Waals surface area contributed by atoms with Crippen LogP contribution in [0.5, 0.6) is 11.6 Å². The van der Waals surface area contributed by atoms with Crippen molar-refractivity contribution >= 4 is 39.7 Å². The molecule has 0 radical (unpaired) electrons. The van der Waals surface area contributed by atoms with Crippen molar-refractivity contribution in [3.63, 3.8) is 0 Å². The third-order valence-electron chi connectivity index (χ3n) is 4.51. The van der Waals surface area contributed by atoms with Crippen LogP contribution in [0, 0.1) is 0 Å². The number of fused-ring (bicyclic) bond motifs is 1. The minimum atomic E-state index is -0.0976. The number of rotatable bonds is 5. The molecule has 1 N–H and O–H groups in total. The third-order valence-corrected chi connectivity index (χ3v) is 5.74. The predicted molar refractivity (Wildman–Crippen MR) is 110 cm³/mol. The third kappa shape index (κ3) is 3.57. The number of pyridine rings is 1. The Morgan fingerprint density at radius 3 is 2.93 bits per heavy atom. The Balaban J connectivity index is 1.39. The maximum Gasteiger partial charge on any atom is 0.261 e. The first-order valence-corrected chi connectivity index (χ1v) is 10.2. The topological polar surface area (TPSA) is 78.3 Å². The molecule has 4 aromatic rings. The highest BCUT2D eigenvalue weighted by atomic mass is 35.5. The number of benzene rings is 1. The van der Waals surface area contributed by atoms with Crippen LogP contribution < -0.4 is 10.1 Å². The van der Waals surface area contributed by atoms with Crippen LogP contribution >= 0.6 is 22.9 Å². The molecule has 1 aliphatic rings. The Labute approximate surface area is 174 Å². The van der Waals surface area contributed by atoms with Gasteiger partial charge in [-0.3, -0.25) is 4.79 Å². The van der Waals surface area contributed by atoms with Crippen molar-refractivity contribution in [2.75, 3.05) is 13.2 Å². The van der Waals surface area contributed by atoms with Gasteiger partial charge in [-0.25, -0.2) is 9.67 Å². The molecule has 1 aromatic carbocycles. The maximum absolute atomic E-state index is 12.3. The molecule has 9 heteroatoms. The highest BCUT2D eigenvalue weighted by Crippen LogP contribution is 2.30. The lowest BCUT2D eigenvalue weighted by molar-refractivity contribution is -0.00338. The number of amides is 1. The van der Waals surface area contributed by atoms with E-state index in [1.807, 2.05) is 23.6 Å². The van der Waals surface area contributed by atoms with E-state index in [0.717, 1.165) is 16.6 Å². The summed E-state index contributed by atoms with van der Waals surface area (Å²) in [5.74, 6) is 0.872. The first kappa shape index (κ1) is 18.1. The lowest BCUT2D eigenvalue weighted by Crippen LogP contribution is -2.48. The molecule has 0 saturated carbocycles. The number of aromatic nitrogens is 3. The second-order valence-corrected chi connectivity index (χ2v) is 7.87. The van der Waals surface area contributed by atoms with E-state index in [1.54, 1.807) is 35.3 Å². The fraction of sp³-hybridized carbons (Fsp3) is 0.150. The zero-order valence-corrected chi connectivity index (χ0v) is 16.6. The predicted octanol–water partition coefficient (Wildman–Crippen LogP) is 4.06. The van der Waals surface area contributed by atoms with E-state index in [9.17, 15) is 4.79 Å². The average Bonchev–Trinajstić information content (AvgIpc) is 3.33. The Morgan fingerprint density at radius 1 is 1.28 bits per heavy atom. The fourth-order valence-corrected chi connectivity index (χ4v) is 3.88. The number of thiophene rings is 1. The lowest BCUT2D eigenvalue weighted by Gasteiger charge is -2.26. The van der Waals surface area contributed by atoms with Crippen molar-refractivity contribution in [2.24, 2.45) is 0 Å². The smallest absolute Gasteiger partial charge is 0.261 e. The van der Waals surface area contributed by atoms with E-state index in [4.69, 9.17) is 21.1 Å². The van der Waals surface area contributed by atoms with Crippen molar-refractivity contribution in [3.8, 4) is 17.3 Å². The monoisotopic (exact) mass is 426 g/mol. The average molecular weight is 427 g/mol. The van der Waals surface area contributed by atoms with Crippen LogP contribution in [0.25, 0.3) is 16.6 Å². The van der Waals surface area contributed by atoms with Crippen LogP contribution in [0.3, 0.4) is 0 Å². The van der Waals surface area contributed by atoms with Crippen molar-refractivity contribution in [1.29, 1.82) is 0 Å². The highest BCUT2D eigenvalue weighted by molar-refractivity contribution is 7.12. The van der Waals surface area contributed by atoms with Crippen LogP contribution in [-0.4, -0.2) is 39.9 Å². The van der Waals surface area contributed by atoms with Gasteiger partial charge in [0.2, 0.25) is 5.88 Å². The lowest BCUT2D eigenvalue weighted by atomic mass is 10.2. The molecular weight excluding hydrogens is 412 g/mol. The molecule has 4 heterocycles. The molecule has 146 valence electrons. The largest absolute Gasteiger partial charge is 0.437 e. The summed E-state index contributed by atoms with van der Waals surface area (Å²) in [6.45, 7) is 1.13. The molecule has 0 bridgehead atoms. The van der Waals surface area contributed by atoms with Crippen molar-refractivity contribution in [1.82, 2.24) is 20.1 Å². The van der Waals surface area contributed by atoms with Gasteiger partial charge in [-0.05, 0) is 18.2 Å². The number of hydrogen-bond donors (Lipinski definition) is 1. The number of hydrogen-bond acceptors (Lipinski definition) is 6. The normalized spacial score (nSPS) is 14.0. The number of carbonyl (C=O) groups excluding carboxylic acids is 1. The summed E-state index contributed by atoms with van der Waals surface area (Å²) >= 11 is 7.52. The molecule has 0 unspecified atom stereocenters. The quantitative estimate of drug-likeness (QED) is 0.520. The molecule has 3 aromatic heterocycles. The molecule has 5 rings (SSSR count). The van der Waals surface area contributed by atoms with Gasteiger partial charge in [0.25, 0.3) is 5.91 Å². The molecule has 1 fully saturated rings. The second kappa shape index (κ2) is 7.47. The van der Waals surface area contributed by atoms with Gasteiger partial charge in [0, 0.05) is 16.8 Å². The summed E-state index contributed by atoms with van der Waals surface area (Å²) in [6.07, 6.45) is 3.43. The van der Waals surface area contributed by atoms with Gasteiger partial charge in [-0.2, -0.15) is 5.10 Å². The van der Waals surface area contributed by atoms with E-state index in [2.05, 4.69) is 15.4 Å². The summed E-state index contributed by atoms with van der Waals surface area (Å²) < 4.78 is 12.6. The van der Waals surface area contributed by atoms with Gasteiger partial charge in [-0.1, -0.05) is 23.7 Å². The van der Waals surface area contributed by atoms with Crippen LogP contribution in [0.1, 0.15) is 9.67 Å². The first-order chi connectivity index (χ1) is 14.2. The minimum absolute atomic E-state index is 0.0966. The summed E-state index contributed by atoms with van der Waals surface area (Å²) in [5.41, 5.74) is 1.62. The zero-order valence-electron chi connectivity index (χ0n) is 15.0. The molecule has 1 amide bonds. The van der Waals surface area contributed by atoms with Crippen LogP contribution in [-0.2, 0) is 4.74 Å². The summed E-state index contributed by atoms with van der Waals surface area (Å²) in [5, 5.41) is 10.7. The van der Waals surface area contributed by atoms with Crippen molar-refractivity contribution < 1.29 is 14.3 Å². The van der Waals surface area contributed by atoms with Gasteiger partial charge >= 0.3 is 0 Å².